The fourth-order valence-electron chi connectivity index (χ4n) is 3.84. The molecule has 7 nitrogen and oxygen atoms in total. The largest absolute Gasteiger partial charge is 0.487 e. The fraction of sp³-hybridized carbons (Fsp3) is 0.227. The van der Waals surface area contributed by atoms with Crippen LogP contribution >= 0.6 is 11.3 Å². The van der Waals surface area contributed by atoms with E-state index < -0.39 is 0 Å². The molecule has 3 aromatic heterocycles. The minimum atomic E-state index is -0.345. The maximum atomic E-state index is 13.0. The lowest BCUT2D eigenvalue weighted by Gasteiger charge is -2.37. The summed E-state index contributed by atoms with van der Waals surface area (Å²) in [5, 5.41) is 9.31. The number of hydrogen-bond donors (Lipinski definition) is 2. The summed E-state index contributed by atoms with van der Waals surface area (Å²) < 4.78 is 7.71. The van der Waals surface area contributed by atoms with Crippen LogP contribution in [-0.4, -0.2) is 26.1 Å². The van der Waals surface area contributed by atoms with Crippen LogP contribution in [0.4, 0.5) is 5.95 Å². The summed E-state index contributed by atoms with van der Waals surface area (Å²) in [6.07, 6.45) is 2.57. The average molecular weight is 420 g/mol. The zero-order valence-corrected chi connectivity index (χ0v) is 17.4. The molecule has 3 N–H and O–H groups in total. The Labute approximate surface area is 177 Å². The van der Waals surface area contributed by atoms with Crippen LogP contribution in [0, 0.1) is 0 Å². The van der Waals surface area contributed by atoms with Gasteiger partial charge in [0.2, 0.25) is 5.95 Å². The number of anilines is 1. The molecule has 1 aromatic carbocycles. The number of thiophene rings is 1. The number of rotatable bonds is 3. The third kappa shape index (κ3) is 3.39. The molecule has 1 aliphatic heterocycles. The number of aromatic nitrogens is 3. The zero-order chi connectivity index (χ0) is 20.9. The second-order valence-electron chi connectivity index (χ2n) is 8.02. The fourth-order valence-corrected chi connectivity index (χ4v) is 4.66. The van der Waals surface area contributed by atoms with Crippen LogP contribution in [-0.2, 0) is 0 Å². The number of hydrogen-bond acceptors (Lipinski definition) is 6. The van der Waals surface area contributed by atoms with Gasteiger partial charge in [-0.3, -0.25) is 4.79 Å². The summed E-state index contributed by atoms with van der Waals surface area (Å²) in [6.45, 7) is 4.08. The zero-order valence-electron chi connectivity index (χ0n) is 16.6. The van der Waals surface area contributed by atoms with Gasteiger partial charge in [-0.1, -0.05) is 18.2 Å². The number of benzene rings is 1. The molecular weight excluding hydrogens is 398 g/mol. The average Bonchev–Trinajstić information content (AvgIpc) is 3.32. The van der Waals surface area contributed by atoms with E-state index in [0.29, 0.717) is 16.9 Å². The van der Waals surface area contributed by atoms with E-state index in [-0.39, 0.29) is 23.5 Å². The van der Waals surface area contributed by atoms with Crippen molar-refractivity contribution >= 4 is 28.8 Å². The van der Waals surface area contributed by atoms with Gasteiger partial charge in [-0.25, -0.2) is 4.52 Å². The number of pyridine rings is 1. The molecule has 1 amide bonds. The van der Waals surface area contributed by atoms with Crippen molar-refractivity contribution in [3.63, 3.8) is 0 Å². The number of carbonyl (C=O) groups is 1. The lowest BCUT2D eigenvalue weighted by Crippen LogP contribution is -2.41. The molecule has 0 aliphatic carbocycles. The van der Waals surface area contributed by atoms with Crippen molar-refractivity contribution in [1.82, 2.24) is 19.9 Å². The highest BCUT2D eigenvalue weighted by Gasteiger charge is 2.34. The van der Waals surface area contributed by atoms with Crippen LogP contribution in [0.25, 0.3) is 16.8 Å². The first-order valence-electron chi connectivity index (χ1n) is 9.68. The first-order valence-corrected chi connectivity index (χ1v) is 10.6. The van der Waals surface area contributed by atoms with Gasteiger partial charge in [-0.2, -0.15) is 4.98 Å². The lowest BCUT2D eigenvalue weighted by molar-refractivity contribution is 0.0621. The van der Waals surface area contributed by atoms with Gasteiger partial charge in [-0.05, 0) is 49.1 Å². The SMILES string of the molecule is CC1(C)CC(NC(=O)c2cc(-c3ccc4nc(N)nn4c3)cs2)c2ccccc2O1. The van der Waals surface area contributed by atoms with Crippen LogP contribution in [0.1, 0.15) is 41.5 Å². The maximum Gasteiger partial charge on any atom is 0.261 e. The number of ether oxygens (including phenoxy) is 1. The first-order chi connectivity index (χ1) is 14.4. The van der Waals surface area contributed by atoms with Gasteiger partial charge >= 0.3 is 0 Å². The molecule has 0 saturated carbocycles. The number of nitrogens with one attached hydrogen (secondary N) is 1. The van der Waals surface area contributed by atoms with Gasteiger partial charge in [0, 0.05) is 23.7 Å². The molecule has 0 radical (unpaired) electrons. The van der Waals surface area contributed by atoms with E-state index >= 15 is 0 Å². The van der Waals surface area contributed by atoms with Crippen molar-refractivity contribution in [2.45, 2.75) is 31.9 Å². The first kappa shape index (κ1) is 18.6. The lowest BCUT2D eigenvalue weighted by atomic mass is 9.89. The van der Waals surface area contributed by atoms with E-state index in [9.17, 15) is 4.79 Å². The minimum Gasteiger partial charge on any atom is -0.487 e. The Balaban J connectivity index is 1.39. The third-order valence-corrected chi connectivity index (χ3v) is 6.11. The molecule has 0 fully saturated rings. The molecule has 4 aromatic rings. The molecule has 8 heteroatoms. The van der Waals surface area contributed by atoms with Gasteiger partial charge in [0.05, 0.1) is 10.9 Å². The van der Waals surface area contributed by atoms with Crippen LogP contribution in [0.3, 0.4) is 0 Å². The maximum absolute atomic E-state index is 13.0. The van der Waals surface area contributed by atoms with Crippen molar-refractivity contribution in [3.05, 3.63) is 64.5 Å². The van der Waals surface area contributed by atoms with Crippen molar-refractivity contribution in [3.8, 4) is 16.9 Å². The van der Waals surface area contributed by atoms with Gasteiger partial charge in [0.1, 0.15) is 11.4 Å². The summed E-state index contributed by atoms with van der Waals surface area (Å²) >= 11 is 1.42. The smallest absolute Gasteiger partial charge is 0.261 e. The van der Waals surface area contributed by atoms with Gasteiger partial charge in [-0.15, -0.1) is 16.4 Å². The van der Waals surface area contributed by atoms with Crippen molar-refractivity contribution in [2.24, 2.45) is 0 Å². The van der Waals surface area contributed by atoms with E-state index in [1.807, 2.05) is 67.9 Å². The van der Waals surface area contributed by atoms with E-state index in [0.717, 1.165) is 22.4 Å². The predicted octanol–water partition coefficient (Wildman–Crippen LogP) is 4.07. The second kappa shape index (κ2) is 6.84. The third-order valence-electron chi connectivity index (χ3n) is 5.19. The highest BCUT2D eigenvalue weighted by molar-refractivity contribution is 7.12. The van der Waals surface area contributed by atoms with Crippen LogP contribution in [0.5, 0.6) is 5.75 Å². The molecule has 0 spiro atoms. The summed E-state index contributed by atoms with van der Waals surface area (Å²) in [5.41, 5.74) is 8.91. The molecule has 1 aliphatic rings. The van der Waals surface area contributed by atoms with E-state index in [2.05, 4.69) is 15.4 Å². The molecule has 0 saturated heterocycles. The summed E-state index contributed by atoms with van der Waals surface area (Å²) in [6, 6.07) is 13.5. The number of para-hydroxylation sites is 1. The number of amides is 1. The van der Waals surface area contributed by atoms with Crippen molar-refractivity contribution in [2.75, 3.05) is 5.73 Å². The Bertz CT molecular complexity index is 1260. The standard InChI is InChI=1S/C22H21N5O2S/c1-22(2)10-16(15-5-3-4-6-17(15)29-22)24-20(28)18-9-14(12-30-18)13-7-8-19-25-21(23)26-27(19)11-13/h3-9,11-12,16H,10H2,1-2H3,(H2,23,26)(H,24,28). The highest BCUT2D eigenvalue weighted by atomic mass is 32.1. The molecule has 152 valence electrons. The Morgan fingerprint density at radius 2 is 2.10 bits per heavy atom. The number of nitrogens with zero attached hydrogens (tertiary/aromatic N) is 3. The Kier molecular flexibility index (Phi) is 4.25. The number of nitrogens with two attached hydrogens (primary N) is 1. The van der Waals surface area contributed by atoms with Gasteiger partial charge < -0.3 is 15.8 Å². The van der Waals surface area contributed by atoms with E-state index in [4.69, 9.17) is 10.5 Å². The number of carbonyl (C=O) groups excluding carboxylic acids is 1. The van der Waals surface area contributed by atoms with E-state index in [1.165, 1.54) is 11.3 Å². The van der Waals surface area contributed by atoms with Crippen LogP contribution in [0.15, 0.2) is 54.0 Å². The molecule has 1 unspecified atom stereocenters. The quantitative estimate of drug-likeness (QED) is 0.522. The number of fused-ring (bicyclic) bond motifs is 2. The molecule has 5 rings (SSSR count). The highest BCUT2D eigenvalue weighted by Crippen LogP contribution is 2.39. The Hall–Kier alpha value is -3.39. The van der Waals surface area contributed by atoms with Gasteiger partial charge in [0.15, 0.2) is 5.65 Å². The van der Waals surface area contributed by atoms with E-state index in [1.54, 1.807) is 4.52 Å². The summed E-state index contributed by atoms with van der Waals surface area (Å²) in [4.78, 5) is 17.8. The number of nitrogen functional groups attached to an aromatic ring is 1. The minimum absolute atomic E-state index is 0.0881. The normalized spacial score (nSPS) is 17.3. The molecular formula is C22H21N5O2S. The molecule has 30 heavy (non-hydrogen) atoms. The Morgan fingerprint density at radius 1 is 1.27 bits per heavy atom. The van der Waals surface area contributed by atoms with Crippen LogP contribution < -0.4 is 15.8 Å². The Morgan fingerprint density at radius 3 is 2.97 bits per heavy atom. The van der Waals surface area contributed by atoms with Gasteiger partial charge in [0.25, 0.3) is 5.91 Å². The summed E-state index contributed by atoms with van der Waals surface area (Å²) in [5.74, 6) is 0.971. The summed E-state index contributed by atoms with van der Waals surface area (Å²) in [7, 11) is 0. The molecule has 0 bridgehead atoms. The van der Waals surface area contributed by atoms with Crippen molar-refractivity contribution < 1.29 is 9.53 Å². The predicted molar refractivity (Wildman–Crippen MR) is 117 cm³/mol. The van der Waals surface area contributed by atoms with Crippen molar-refractivity contribution in [1.29, 1.82) is 0 Å². The van der Waals surface area contributed by atoms with Crippen LogP contribution in [0.2, 0.25) is 0 Å². The molecule has 4 heterocycles. The molecule has 1 atom stereocenters. The second-order valence-corrected chi connectivity index (χ2v) is 8.93. The monoisotopic (exact) mass is 419 g/mol. The topological polar surface area (TPSA) is 94.5 Å².